The molecule has 1 aliphatic carbocycles. The van der Waals surface area contributed by atoms with Gasteiger partial charge in [0, 0.05) is 24.7 Å². The zero-order chi connectivity index (χ0) is 16.1. The average Bonchev–Trinajstić information content (AvgIpc) is 3.09. The van der Waals surface area contributed by atoms with Gasteiger partial charge in [-0.15, -0.1) is 0 Å². The molecule has 0 radical (unpaired) electrons. The third kappa shape index (κ3) is 4.05. The van der Waals surface area contributed by atoms with E-state index in [9.17, 15) is 4.79 Å². The van der Waals surface area contributed by atoms with Gasteiger partial charge in [0.2, 0.25) is 0 Å². The number of nitrogens with zero attached hydrogens (tertiary/aromatic N) is 1. The van der Waals surface area contributed by atoms with Gasteiger partial charge in [0.15, 0.2) is 0 Å². The lowest BCUT2D eigenvalue weighted by Gasteiger charge is -2.24. The average molecular weight is 316 g/mol. The lowest BCUT2D eigenvalue weighted by molar-refractivity contribution is 0.0741. The van der Waals surface area contributed by atoms with Crippen molar-refractivity contribution in [1.82, 2.24) is 4.90 Å². The molecule has 1 aromatic rings. The van der Waals surface area contributed by atoms with Crippen LogP contribution in [0, 0.1) is 5.92 Å². The van der Waals surface area contributed by atoms with E-state index in [0.29, 0.717) is 12.5 Å². The van der Waals surface area contributed by atoms with Crippen molar-refractivity contribution >= 4 is 5.91 Å². The van der Waals surface area contributed by atoms with Crippen molar-refractivity contribution in [2.75, 3.05) is 19.7 Å². The zero-order valence-corrected chi connectivity index (χ0v) is 13.9. The molecule has 1 saturated heterocycles. The highest BCUT2D eigenvalue weighted by Crippen LogP contribution is 2.25. The number of hydrogen-bond donors (Lipinski definition) is 1. The molecule has 2 N–H and O–H groups in total. The Labute approximate surface area is 139 Å². The van der Waals surface area contributed by atoms with Crippen LogP contribution in [0.4, 0.5) is 0 Å². The minimum absolute atomic E-state index is 0.0942. The topological polar surface area (TPSA) is 55.6 Å². The molecule has 0 aromatic heterocycles. The molecule has 4 nitrogen and oxygen atoms in total. The molecular formula is C19H28N2O2. The van der Waals surface area contributed by atoms with Crippen LogP contribution in [-0.2, 0) is 0 Å². The number of benzene rings is 1. The quantitative estimate of drug-likeness (QED) is 0.907. The highest BCUT2D eigenvalue weighted by Gasteiger charge is 2.28. The van der Waals surface area contributed by atoms with Gasteiger partial charge in [-0.2, -0.15) is 0 Å². The van der Waals surface area contributed by atoms with E-state index in [4.69, 9.17) is 10.5 Å². The molecule has 3 rings (SSSR count). The van der Waals surface area contributed by atoms with Crippen molar-refractivity contribution in [3.05, 3.63) is 29.8 Å². The fraction of sp³-hybridized carbons (Fsp3) is 0.632. The summed E-state index contributed by atoms with van der Waals surface area (Å²) in [6, 6.07) is 7.80. The Balaban J connectivity index is 1.55. The zero-order valence-electron chi connectivity index (χ0n) is 13.9. The van der Waals surface area contributed by atoms with Gasteiger partial charge in [-0.25, -0.2) is 0 Å². The molecule has 1 amide bonds. The number of amides is 1. The molecule has 1 unspecified atom stereocenters. The summed E-state index contributed by atoms with van der Waals surface area (Å²) in [6.45, 7) is 2.17. The van der Waals surface area contributed by atoms with Gasteiger partial charge in [0.1, 0.15) is 5.75 Å². The summed E-state index contributed by atoms with van der Waals surface area (Å²) in [7, 11) is 0. The number of ether oxygens (including phenoxy) is 1. The van der Waals surface area contributed by atoms with Gasteiger partial charge in [0.25, 0.3) is 5.91 Å². The van der Waals surface area contributed by atoms with Crippen LogP contribution < -0.4 is 10.5 Å². The predicted molar refractivity (Wildman–Crippen MR) is 91.6 cm³/mol. The van der Waals surface area contributed by atoms with E-state index in [1.165, 1.54) is 32.1 Å². The summed E-state index contributed by atoms with van der Waals surface area (Å²) in [5.41, 5.74) is 6.49. The molecule has 1 saturated carbocycles. The van der Waals surface area contributed by atoms with Crippen LogP contribution in [0.1, 0.15) is 55.3 Å². The number of rotatable bonds is 5. The monoisotopic (exact) mass is 316 g/mol. The summed E-state index contributed by atoms with van der Waals surface area (Å²) in [4.78, 5) is 14.5. The third-order valence-electron chi connectivity index (χ3n) is 5.22. The predicted octanol–water partition coefficient (Wildman–Crippen LogP) is 3.21. The summed E-state index contributed by atoms with van der Waals surface area (Å²) in [5.74, 6) is 1.65. The number of hydrogen-bond acceptors (Lipinski definition) is 3. The SMILES string of the molecule is NCC1CCCN1C(=O)c1ccc(OCC2CCCCC2)cc1. The minimum Gasteiger partial charge on any atom is -0.493 e. The van der Waals surface area contributed by atoms with E-state index >= 15 is 0 Å². The molecular weight excluding hydrogens is 288 g/mol. The summed E-state index contributed by atoms with van der Waals surface area (Å²) in [6.07, 6.45) is 8.67. The van der Waals surface area contributed by atoms with Crippen molar-refractivity contribution in [2.45, 2.75) is 51.0 Å². The van der Waals surface area contributed by atoms with Crippen LogP contribution in [0.2, 0.25) is 0 Å². The molecule has 0 bridgehead atoms. The highest BCUT2D eigenvalue weighted by molar-refractivity contribution is 5.94. The lowest BCUT2D eigenvalue weighted by atomic mass is 9.90. The molecule has 0 spiro atoms. The smallest absolute Gasteiger partial charge is 0.254 e. The lowest BCUT2D eigenvalue weighted by Crippen LogP contribution is -2.39. The largest absolute Gasteiger partial charge is 0.493 e. The molecule has 4 heteroatoms. The fourth-order valence-electron chi connectivity index (χ4n) is 3.78. The fourth-order valence-corrected chi connectivity index (χ4v) is 3.78. The first kappa shape index (κ1) is 16.3. The Kier molecular flexibility index (Phi) is 5.55. The van der Waals surface area contributed by atoms with Gasteiger partial charge in [-0.1, -0.05) is 19.3 Å². The second-order valence-electron chi connectivity index (χ2n) is 6.87. The Morgan fingerprint density at radius 2 is 1.83 bits per heavy atom. The molecule has 126 valence electrons. The first-order chi connectivity index (χ1) is 11.3. The molecule has 1 atom stereocenters. The molecule has 1 aromatic carbocycles. The maximum Gasteiger partial charge on any atom is 0.254 e. The van der Waals surface area contributed by atoms with Crippen molar-refractivity contribution in [3.8, 4) is 5.75 Å². The molecule has 2 aliphatic rings. The van der Waals surface area contributed by atoms with Gasteiger partial charge >= 0.3 is 0 Å². The van der Waals surface area contributed by atoms with E-state index in [1.807, 2.05) is 29.2 Å². The van der Waals surface area contributed by atoms with Crippen molar-refractivity contribution in [2.24, 2.45) is 11.7 Å². The molecule has 2 fully saturated rings. The molecule has 23 heavy (non-hydrogen) atoms. The van der Waals surface area contributed by atoms with Gasteiger partial charge < -0.3 is 15.4 Å². The first-order valence-corrected chi connectivity index (χ1v) is 9.02. The van der Waals surface area contributed by atoms with Crippen LogP contribution in [0.5, 0.6) is 5.75 Å². The van der Waals surface area contributed by atoms with Crippen molar-refractivity contribution in [1.29, 1.82) is 0 Å². The van der Waals surface area contributed by atoms with Crippen LogP contribution >= 0.6 is 0 Å². The van der Waals surface area contributed by atoms with Crippen LogP contribution in [0.25, 0.3) is 0 Å². The normalized spacial score (nSPS) is 22.3. The summed E-state index contributed by atoms with van der Waals surface area (Å²) < 4.78 is 5.90. The number of nitrogens with two attached hydrogens (primary N) is 1. The van der Waals surface area contributed by atoms with E-state index in [1.54, 1.807) is 0 Å². The maximum atomic E-state index is 12.6. The standard InChI is InChI=1S/C19H28N2O2/c20-13-17-7-4-12-21(17)19(22)16-8-10-18(11-9-16)23-14-15-5-2-1-3-6-15/h8-11,15,17H,1-7,12-14,20H2. The third-order valence-corrected chi connectivity index (χ3v) is 5.22. The van der Waals surface area contributed by atoms with Gasteiger partial charge in [-0.05, 0) is 55.9 Å². The highest BCUT2D eigenvalue weighted by atomic mass is 16.5. The first-order valence-electron chi connectivity index (χ1n) is 9.02. The number of carbonyl (C=O) groups is 1. The second kappa shape index (κ2) is 7.82. The van der Waals surface area contributed by atoms with E-state index in [0.717, 1.165) is 37.3 Å². The van der Waals surface area contributed by atoms with E-state index in [2.05, 4.69) is 0 Å². The second-order valence-corrected chi connectivity index (χ2v) is 6.87. The Morgan fingerprint density at radius 3 is 2.52 bits per heavy atom. The Hall–Kier alpha value is -1.55. The Morgan fingerprint density at radius 1 is 1.09 bits per heavy atom. The minimum atomic E-state index is 0.0942. The van der Waals surface area contributed by atoms with E-state index in [-0.39, 0.29) is 11.9 Å². The van der Waals surface area contributed by atoms with Crippen LogP contribution in [0.3, 0.4) is 0 Å². The van der Waals surface area contributed by atoms with Gasteiger partial charge in [-0.3, -0.25) is 4.79 Å². The number of likely N-dealkylation sites (tertiary alicyclic amines) is 1. The molecule has 1 heterocycles. The van der Waals surface area contributed by atoms with Crippen LogP contribution in [0.15, 0.2) is 24.3 Å². The summed E-state index contributed by atoms with van der Waals surface area (Å²) >= 11 is 0. The van der Waals surface area contributed by atoms with E-state index < -0.39 is 0 Å². The van der Waals surface area contributed by atoms with Crippen LogP contribution in [-0.4, -0.2) is 36.5 Å². The molecule has 1 aliphatic heterocycles. The van der Waals surface area contributed by atoms with Crippen molar-refractivity contribution < 1.29 is 9.53 Å². The Bertz CT molecular complexity index is 509. The number of carbonyl (C=O) groups excluding carboxylic acids is 1. The maximum absolute atomic E-state index is 12.6. The van der Waals surface area contributed by atoms with Crippen molar-refractivity contribution in [3.63, 3.8) is 0 Å². The van der Waals surface area contributed by atoms with Gasteiger partial charge in [0.05, 0.1) is 6.61 Å². The summed E-state index contributed by atoms with van der Waals surface area (Å²) in [5, 5.41) is 0.